The lowest BCUT2D eigenvalue weighted by Crippen LogP contribution is -2.48. The Hall–Kier alpha value is -0.0403. The van der Waals surface area contributed by atoms with Gasteiger partial charge in [-0.05, 0) is 5.41 Å². The third kappa shape index (κ3) is 2.22. The maximum Gasteiger partial charge on any atom is 0.140 e. The highest BCUT2D eigenvalue weighted by molar-refractivity contribution is 9.10. The molecule has 0 N–H and O–H groups in total. The molecule has 0 unspecified atom stereocenters. The predicted molar refractivity (Wildman–Crippen MR) is 85.6 cm³/mol. The van der Waals surface area contributed by atoms with Crippen LogP contribution in [0.5, 0.6) is 0 Å². The first-order valence-corrected chi connectivity index (χ1v) is 6.23. The molecule has 0 bridgehead atoms. The Balaban J connectivity index is 3.68. The maximum absolute atomic E-state index is 3.68. The van der Waals surface area contributed by atoms with Gasteiger partial charge in [0.2, 0.25) is 0 Å². The van der Waals surface area contributed by atoms with Gasteiger partial charge in [0.1, 0.15) is 31.4 Å². The second kappa shape index (κ2) is 4.08. The summed E-state index contributed by atoms with van der Waals surface area (Å²) in [4.78, 5) is 0. The van der Waals surface area contributed by atoms with Crippen LogP contribution in [0.1, 0.15) is 26.3 Å². The highest BCUT2D eigenvalue weighted by Gasteiger charge is 2.21. The van der Waals surface area contributed by atoms with Crippen molar-refractivity contribution in [3.63, 3.8) is 0 Å². The Kier molecular flexibility index (Phi) is 3.55. The molecular weight excluding hydrogens is 243 g/mol. The molecule has 0 aliphatic rings. The van der Waals surface area contributed by atoms with Gasteiger partial charge in [0.25, 0.3) is 0 Å². The summed E-state index contributed by atoms with van der Waals surface area (Å²) in [6.45, 7) is 6.86. The molecule has 0 fully saturated rings. The summed E-state index contributed by atoms with van der Waals surface area (Å²) in [7, 11) is 8.85. The smallest absolute Gasteiger partial charge is 0.0910 e. The number of hydrogen-bond donors (Lipinski definition) is 0. The van der Waals surface area contributed by atoms with Gasteiger partial charge in [-0.25, -0.2) is 0 Å². The summed E-state index contributed by atoms with van der Waals surface area (Å²) < 4.78 is 1.27. The lowest BCUT2D eigenvalue weighted by atomic mass is 9.62. The van der Waals surface area contributed by atoms with Crippen molar-refractivity contribution in [2.24, 2.45) is 0 Å². The van der Waals surface area contributed by atoms with Crippen LogP contribution in [-0.2, 0) is 5.41 Å². The van der Waals surface area contributed by atoms with Crippen molar-refractivity contribution in [2.45, 2.75) is 26.2 Å². The van der Waals surface area contributed by atoms with Gasteiger partial charge in [0, 0.05) is 4.47 Å². The minimum Gasteiger partial charge on any atom is -0.0910 e. The summed E-state index contributed by atoms with van der Waals surface area (Å²) in [5.74, 6) is 0. The largest absolute Gasteiger partial charge is 0.140 e. The van der Waals surface area contributed by atoms with Crippen LogP contribution in [0.15, 0.2) is 4.47 Å². The fourth-order valence-electron chi connectivity index (χ4n) is 2.39. The molecule has 0 aliphatic heterocycles. The molecule has 0 heterocycles. The monoisotopic (exact) mass is 260 g/mol. The molecule has 0 nitrogen and oxygen atoms in total. The Morgan fingerprint density at radius 1 is 0.800 bits per heavy atom. The Labute approximate surface area is 105 Å². The van der Waals surface area contributed by atoms with Crippen LogP contribution in [0.25, 0.3) is 0 Å². The molecule has 0 aliphatic carbocycles. The van der Waals surface area contributed by atoms with Gasteiger partial charge in [-0.15, -0.1) is 0 Å². The van der Waals surface area contributed by atoms with E-state index in [0.29, 0.717) is 0 Å². The van der Waals surface area contributed by atoms with Crippen molar-refractivity contribution in [1.82, 2.24) is 0 Å². The molecule has 0 aromatic heterocycles. The summed E-state index contributed by atoms with van der Waals surface area (Å²) in [5, 5.41) is 0. The molecule has 5 heteroatoms. The summed E-state index contributed by atoms with van der Waals surface area (Å²) >= 11 is 3.68. The number of hydrogen-bond acceptors (Lipinski definition) is 0. The first kappa shape index (κ1) is 13.0. The maximum atomic E-state index is 3.68. The predicted octanol–water partition coefficient (Wildman–Crippen LogP) is -3.22. The Morgan fingerprint density at radius 2 is 1.13 bits per heavy atom. The van der Waals surface area contributed by atoms with Crippen LogP contribution in [0.2, 0.25) is 0 Å². The van der Waals surface area contributed by atoms with Crippen molar-refractivity contribution < 1.29 is 0 Å². The first-order valence-electron chi connectivity index (χ1n) is 5.44. The van der Waals surface area contributed by atoms with Crippen LogP contribution in [0.4, 0.5) is 0 Å². The molecule has 1 aromatic rings. The van der Waals surface area contributed by atoms with Gasteiger partial charge in [-0.1, -0.05) is 64.1 Å². The van der Waals surface area contributed by atoms with Crippen molar-refractivity contribution in [2.75, 3.05) is 0 Å². The van der Waals surface area contributed by atoms with E-state index in [0.717, 1.165) is 0 Å². The van der Waals surface area contributed by atoms with E-state index in [1.54, 1.807) is 0 Å². The molecule has 0 spiro atoms. The second-order valence-corrected chi connectivity index (χ2v) is 6.23. The van der Waals surface area contributed by atoms with Crippen molar-refractivity contribution in [3.8, 4) is 0 Å². The zero-order valence-corrected chi connectivity index (χ0v) is 12.5. The van der Waals surface area contributed by atoms with Crippen LogP contribution in [0, 0.1) is 0 Å². The van der Waals surface area contributed by atoms with E-state index in [1.165, 1.54) is 31.9 Å². The van der Waals surface area contributed by atoms with Crippen molar-refractivity contribution >= 4 is 69.2 Å². The molecule has 15 heavy (non-hydrogen) atoms. The quantitative estimate of drug-likeness (QED) is 0.431. The summed E-state index contributed by atoms with van der Waals surface area (Å²) in [5.41, 5.74) is 7.34. The van der Waals surface area contributed by atoms with Gasteiger partial charge in [0.05, 0.1) is 0 Å². The average molecular weight is 260 g/mol. The standard InChI is InChI=1S/C10H17B4Br/c1-10(2,3)4-5(11)7(13)9(15)8(14)6(4)12/h11-14H2,1-3H3. The fourth-order valence-corrected chi connectivity index (χ4v) is 2.99. The first-order chi connectivity index (χ1) is 6.68. The third-order valence-corrected chi connectivity index (χ3v) is 4.47. The molecule has 1 rings (SSSR count). The van der Waals surface area contributed by atoms with Crippen LogP contribution < -0.4 is 21.9 Å². The van der Waals surface area contributed by atoms with Crippen LogP contribution >= 0.6 is 15.9 Å². The Morgan fingerprint density at radius 3 is 1.40 bits per heavy atom. The van der Waals surface area contributed by atoms with Crippen molar-refractivity contribution in [1.29, 1.82) is 0 Å². The molecule has 0 saturated heterocycles. The molecule has 76 valence electrons. The average Bonchev–Trinajstić information content (AvgIpc) is 2.09. The van der Waals surface area contributed by atoms with E-state index < -0.39 is 0 Å². The van der Waals surface area contributed by atoms with Crippen LogP contribution in [-0.4, -0.2) is 31.4 Å². The van der Waals surface area contributed by atoms with Crippen molar-refractivity contribution in [3.05, 3.63) is 10.0 Å². The number of rotatable bonds is 0. The van der Waals surface area contributed by atoms with E-state index in [4.69, 9.17) is 0 Å². The van der Waals surface area contributed by atoms with Gasteiger partial charge in [0.15, 0.2) is 0 Å². The van der Waals surface area contributed by atoms with E-state index in [2.05, 4.69) is 68.1 Å². The van der Waals surface area contributed by atoms with E-state index in [9.17, 15) is 0 Å². The van der Waals surface area contributed by atoms with Gasteiger partial charge >= 0.3 is 0 Å². The normalized spacial score (nSPS) is 11.7. The molecule has 0 radical (unpaired) electrons. The third-order valence-electron chi connectivity index (χ3n) is 3.28. The minimum atomic E-state index is 0.227. The molecule has 0 atom stereocenters. The minimum absolute atomic E-state index is 0.227. The highest BCUT2D eigenvalue weighted by atomic mass is 79.9. The highest BCUT2D eigenvalue weighted by Crippen LogP contribution is 2.17. The van der Waals surface area contributed by atoms with E-state index in [1.807, 2.05) is 0 Å². The van der Waals surface area contributed by atoms with Gasteiger partial charge < -0.3 is 0 Å². The zero-order valence-electron chi connectivity index (χ0n) is 10.9. The Bertz CT molecular complexity index is 378. The lowest BCUT2D eigenvalue weighted by molar-refractivity contribution is 0.598. The lowest BCUT2D eigenvalue weighted by Gasteiger charge is -2.28. The van der Waals surface area contributed by atoms with Crippen LogP contribution in [0.3, 0.4) is 0 Å². The topological polar surface area (TPSA) is 0 Å². The molecule has 0 saturated carbocycles. The summed E-state index contributed by atoms with van der Waals surface area (Å²) in [6.07, 6.45) is 0. The summed E-state index contributed by atoms with van der Waals surface area (Å²) in [6, 6.07) is 0. The molecule has 1 aromatic carbocycles. The fraction of sp³-hybridized carbons (Fsp3) is 0.400. The second-order valence-electron chi connectivity index (χ2n) is 5.44. The number of halogens is 1. The number of benzene rings is 1. The molecule has 0 amide bonds. The van der Waals surface area contributed by atoms with E-state index >= 15 is 0 Å². The van der Waals surface area contributed by atoms with E-state index in [-0.39, 0.29) is 5.41 Å². The van der Waals surface area contributed by atoms with Gasteiger partial charge in [-0.3, -0.25) is 0 Å². The van der Waals surface area contributed by atoms with Gasteiger partial charge in [-0.2, -0.15) is 0 Å². The zero-order chi connectivity index (χ0) is 12.0. The molecular formula is C10H17B4Br. The SMILES string of the molecule is Bc1c(B)c(C(C)(C)C)c(B)c(B)c1Br.